The van der Waals surface area contributed by atoms with E-state index in [0.29, 0.717) is 25.1 Å². The minimum absolute atomic E-state index is 0.192. The van der Waals surface area contributed by atoms with Crippen molar-refractivity contribution in [1.29, 1.82) is 0 Å². The van der Waals surface area contributed by atoms with E-state index in [0.717, 1.165) is 10.1 Å². The predicted octanol–water partition coefficient (Wildman–Crippen LogP) is 1.79. The second-order valence-corrected chi connectivity index (χ2v) is 8.86. The molecule has 0 atom stereocenters. The number of halogens is 1. The maximum atomic E-state index is 13.0. The van der Waals surface area contributed by atoms with Crippen molar-refractivity contribution in [2.45, 2.75) is 45.7 Å². The first kappa shape index (κ1) is 22.1. The van der Waals surface area contributed by atoms with Crippen molar-refractivity contribution in [2.75, 3.05) is 6.16 Å². The molecule has 162 valence electrons. The summed E-state index contributed by atoms with van der Waals surface area (Å²) in [7, 11) is -4.10. The summed E-state index contributed by atoms with van der Waals surface area (Å²) in [5, 5.41) is 0. The molecule has 2 heterocycles. The number of benzene rings is 1. The predicted molar refractivity (Wildman–Crippen MR) is 110 cm³/mol. The molecule has 0 fully saturated rings. The van der Waals surface area contributed by atoms with Crippen molar-refractivity contribution in [2.24, 2.45) is 0 Å². The van der Waals surface area contributed by atoms with Gasteiger partial charge in [0.2, 0.25) is 0 Å². The van der Waals surface area contributed by atoms with Crippen LogP contribution in [-0.4, -0.2) is 35.1 Å². The van der Waals surface area contributed by atoms with Gasteiger partial charge in [0, 0.05) is 25.7 Å². The number of rotatable bonds is 9. The smallest absolute Gasteiger partial charge is 0.332 e. The number of unbranched alkanes of at least 4 members (excludes halogenated alkanes) is 1. The molecule has 0 saturated carbocycles. The van der Waals surface area contributed by atoms with Gasteiger partial charge in [0.25, 0.3) is 5.56 Å². The lowest BCUT2D eigenvalue weighted by atomic mass is 10.1. The standard InChI is InChI=1S/C19H24FN4O5P/c1-2-23-18(25)16-17(24(19(23)26)11-3-4-12-30(27,28)29)22-15(21-16)10-7-13-5-8-14(20)9-6-13/h5-6,8-9H,2-4,7,10-12H2,1H3,(H,21,22)(H2,27,28,29). The maximum absolute atomic E-state index is 13.0. The Morgan fingerprint density at radius 3 is 2.43 bits per heavy atom. The molecular formula is C19H24FN4O5P. The van der Waals surface area contributed by atoms with Crippen LogP contribution in [0.4, 0.5) is 4.39 Å². The Labute approximate surface area is 171 Å². The Morgan fingerprint density at radius 1 is 1.10 bits per heavy atom. The summed E-state index contributed by atoms with van der Waals surface area (Å²) in [5.74, 6) is 0.217. The average molecular weight is 438 g/mol. The third-order valence-corrected chi connectivity index (χ3v) is 5.77. The Morgan fingerprint density at radius 2 is 1.80 bits per heavy atom. The molecule has 3 rings (SSSR count). The molecule has 0 amide bonds. The van der Waals surface area contributed by atoms with Gasteiger partial charge >= 0.3 is 13.3 Å². The highest BCUT2D eigenvalue weighted by molar-refractivity contribution is 7.51. The van der Waals surface area contributed by atoms with Gasteiger partial charge in [-0.3, -0.25) is 18.5 Å². The highest BCUT2D eigenvalue weighted by atomic mass is 31.2. The van der Waals surface area contributed by atoms with Crippen LogP contribution in [0.15, 0.2) is 33.9 Å². The number of hydrogen-bond donors (Lipinski definition) is 3. The molecule has 3 N–H and O–H groups in total. The Hall–Kier alpha value is -2.55. The van der Waals surface area contributed by atoms with E-state index >= 15 is 0 Å². The first-order chi connectivity index (χ1) is 14.2. The van der Waals surface area contributed by atoms with Gasteiger partial charge in [0.15, 0.2) is 5.65 Å². The molecule has 3 aromatic rings. The molecule has 30 heavy (non-hydrogen) atoms. The molecule has 11 heteroatoms. The van der Waals surface area contributed by atoms with Crippen molar-refractivity contribution in [3.8, 4) is 0 Å². The van der Waals surface area contributed by atoms with Crippen LogP contribution in [-0.2, 0) is 30.5 Å². The third-order valence-electron chi connectivity index (χ3n) is 4.87. The van der Waals surface area contributed by atoms with Crippen molar-refractivity contribution in [3.05, 3.63) is 62.3 Å². The first-order valence-electron chi connectivity index (χ1n) is 9.71. The van der Waals surface area contributed by atoms with E-state index in [1.807, 2.05) is 0 Å². The van der Waals surface area contributed by atoms with Gasteiger partial charge in [0.05, 0.1) is 0 Å². The lowest BCUT2D eigenvalue weighted by Crippen LogP contribution is -2.39. The molecular weight excluding hydrogens is 414 g/mol. The van der Waals surface area contributed by atoms with Gasteiger partial charge in [-0.15, -0.1) is 0 Å². The van der Waals surface area contributed by atoms with Crippen LogP contribution >= 0.6 is 7.60 Å². The molecule has 1 aromatic carbocycles. The van der Waals surface area contributed by atoms with E-state index in [9.17, 15) is 18.5 Å². The fraction of sp³-hybridized carbons (Fsp3) is 0.421. The second kappa shape index (κ2) is 9.07. The van der Waals surface area contributed by atoms with Crippen molar-refractivity contribution in [1.82, 2.24) is 19.1 Å². The number of nitrogens with one attached hydrogen (secondary N) is 1. The Balaban J connectivity index is 1.88. The minimum atomic E-state index is -4.10. The summed E-state index contributed by atoms with van der Waals surface area (Å²) in [4.78, 5) is 50.8. The zero-order chi connectivity index (χ0) is 21.9. The Kier molecular flexibility index (Phi) is 6.70. The molecule has 0 aliphatic carbocycles. The quantitative estimate of drug-likeness (QED) is 0.345. The van der Waals surface area contributed by atoms with Crippen molar-refractivity contribution in [3.63, 3.8) is 0 Å². The second-order valence-electron chi connectivity index (χ2n) is 7.09. The average Bonchev–Trinajstić information content (AvgIpc) is 3.11. The fourth-order valence-electron chi connectivity index (χ4n) is 3.31. The summed E-state index contributed by atoms with van der Waals surface area (Å²) in [6.45, 7) is 2.08. The SMILES string of the molecule is CCn1c(=O)c2[nH]c(CCc3ccc(F)cc3)nc2n(CCCCP(=O)(O)O)c1=O. The van der Waals surface area contributed by atoms with Crippen molar-refractivity contribution < 1.29 is 18.7 Å². The molecule has 2 aromatic heterocycles. The third kappa shape index (κ3) is 5.13. The lowest BCUT2D eigenvalue weighted by molar-refractivity contribution is 0.370. The van der Waals surface area contributed by atoms with E-state index in [4.69, 9.17) is 9.79 Å². The summed E-state index contributed by atoms with van der Waals surface area (Å²) in [6, 6.07) is 6.12. The molecule has 0 aliphatic rings. The van der Waals surface area contributed by atoms with E-state index in [2.05, 4.69) is 9.97 Å². The number of imidazole rings is 1. The van der Waals surface area contributed by atoms with Crippen molar-refractivity contribution >= 4 is 18.8 Å². The minimum Gasteiger partial charge on any atom is -0.336 e. The summed E-state index contributed by atoms with van der Waals surface area (Å²) < 4.78 is 26.5. The highest BCUT2D eigenvalue weighted by Gasteiger charge is 2.17. The first-order valence-corrected chi connectivity index (χ1v) is 11.5. The summed E-state index contributed by atoms with van der Waals surface area (Å²) in [6.07, 6.45) is 1.39. The van der Waals surface area contributed by atoms with Gasteiger partial charge in [-0.1, -0.05) is 12.1 Å². The Bertz CT molecular complexity index is 1190. The molecule has 0 spiro atoms. The molecule has 0 bridgehead atoms. The zero-order valence-corrected chi connectivity index (χ0v) is 17.4. The van der Waals surface area contributed by atoms with Gasteiger partial charge in [0.1, 0.15) is 17.2 Å². The highest BCUT2D eigenvalue weighted by Crippen LogP contribution is 2.35. The van der Waals surface area contributed by atoms with Crippen LogP contribution in [0.3, 0.4) is 0 Å². The molecule has 0 radical (unpaired) electrons. The van der Waals surface area contributed by atoms with Crippen LogP contribution in [0, 0.1) is 5.82 Å². The van der Waals surface area contributed by atoms with Crippen LogP contribution in [0.2, 0.25) is 0 Å². The largest absolute Gasteiger partial charge is 0.336 e. The maximum Gasteiger partial charge on any atom is 0.332 e. The number of aromatic amines is 1. The number of aryl methyl sites for hydroxylation is 3. The fourth-order valence-corrected chi connectivity index (χ4v) is 3.95. The molecule has 9 nitrogen and oxygen atoms in total. The van der Waals surface area contributed by atoms with Gasteiger partial charge in [-0.05, 0) is 43.9 Å². The lowest BCUT2D eigenvalue weighted by Gasteiger charge is -2.10. The normalized spacial score (nSPS) is 12.0. The van der Waals surface area contributed by atoms with E-state index in [-0.39, 0.29) is 42.7 Å². The zero-order valence-electron chi connectivity index (χ0n) is 16.5. The summed E-state index contributed by atoms with van der Waals surface area (Å²) >= 11 is 0. The van der Waals surface area contributed by atoms with Gasteiger partial charge < -0.3 is 14.8 Å². The number of nitrogens with zero attached hydrogens (tertiary/aromatic N) is 3. The molecule has 0 aliphatic heterocycles. The number of aromatic nitrogens is 4. The number of hydrogen-bond acceptors (Lipinski definition) is 4. The van der Waals surface area contributed by atoms with Gasteiger partial charge in [-0.25, -0.2) is 14.2 Å². The number of fused-ring (bicyclic) bond motifs is 1. The van der Waals surface area contributed by atoms with E-state index in [1.165, 1.54) is 16.7 Å². The molecule has 0 unspecified atom stereocenters. The van der Waals surface area contributed by atoms with E-state index < -0.39 is 18.8 Å². The topological polar surface area (TPSA) is 130 Å². The van der Waals surface area contributed by atoms with Crippen LogP contribution in [0.5, 0.6) is 0 Å². The van der Waals surface area contributed by atoms with E-state index in [1.54, 1.807) is 19.1 Å². The van der Waals surface area contributed by atoms with Crippen LogP contribution in [0.25, 0.3) is 11.2 Å². The van der Waals surface area contributed by atoms with Gasteiger partial charge in [-0.2, -0.15) is 0 Å². The van der Waals surface area contributed by atoms with Crippen LogP contribution in [0.1, 0.15) is 31.2 Å². The summed E-state index contributed by atoms with van der Waals surface area (Å²) in [5.41, 5.74) is 0.422. The van der Waals surface area contributed by atoms with Crippen LogP contribution < -0.4 is 11.2 Å². The number of H-pyrrole nitrogens is 1. The monoisotopic (exact) mass is 438 g/mol. The molecule has 0 saturated heterocycles.